The Kier molecular flexibility index (Phi) is 5.08. The molecule has 0 aliphatic rings. The van der Waals surface area contributed by atoms with Crippen molar-refractivity contribution >= 4 is 29.2 Å². The predicted octanol–water partition coefficient (Wildman–Crippen LogP) is 2.72. The molecule has 2 aromatic rings. The molecule has 0 heterocycles. The Morgan fingerprint density at radius 2 is 1.87 bits per heavy atom. The summed E-state index contributed by atoms with van der Waals surface area (Å²) >= 11 is 6.00. The Bertz CT molecular complexity index is 760. The lowest BCUT2D eigenvalue weighted by molar-refractivity contribution is -0.115. The number of aromatic hydroxyl groups is 2. The molecule has 0 radical (unpaired) electrons. The number of benzene rings is 2. The first-order valence-corrected chi connectivity index (χ1v) is 6.97. The van der Waals surface area contributed by atoms with Crippen molar-refractivity contribution < 1.29 is 24.5 Å². The molecule has 0 fully saturated rings. The zero-order chi connectivity index (χ0) is 17.0. The molecule has 6 nitrogen and oxygen atoms in total. The molecule has 1 amide bonds. The van der Waals surface area contributed by atoms with Crippen LogP contribution in [-0.4, -0.2) is 29.2 Å². The summed E-state index contributed by atoms with van der Waals surface area (Å²) in [5.74, 6) is -1.50. The molecule has 120 valence electrons. The van der Waals surface area contributed by atoms with Crippen molar-refractivity contribution in [3.05, 3.63) is 52.5 Å². The number of phenols is 2. The number of nitrogens with one attached hydrogen (secondary N) is 1. The summed E-state index contributed by atoms with van der Waals surface area (Å²) in [4.78, 5) is 23.5. The van der Waals surface area contributed by atoms with Crippen molar-refractivity contribution in [3.8, 4) is 11.5 Å². The van der Waals surface area contributed by atoms with Crippen molar-refractivity contribution in [1.82, 2.24) is 0 Å². The number of hydrogen-bond donors (Lipinski definition) is 3. The minimum atomic E-state index is -0.541. The van der Waals surface area contributed by atoms with Crippen molar-refractivity contribution in [2.45, 2.75) is 6.42 Å². The SMILES string of the molecule is COC(=O)c1ccc(Cl)c(NC(=O)Cc2ccc(O)c(O)c2)c1. The van der Waals surface area contributed by atoms with E-state index in [4.69, 9.17) is 11.6 Å². The first-order chi connectivity index (χ1) is 10.9. The molecular weight excluding hydrogens is 322 g/mol. The molecule has 0 spiro atoms. The molecule has 0 saturated heterocycles. The molecule has 0 aromatic heterocycles. The molecule has 7 heteroatoms. The second kappa shape index (κ2) is 7.02. The van der Waals surface area contributed by atoms with Gasteiger partial charge in [0, 0.05) is 0 Å². The fourth-order valence-corrected chi connectivity index (χ4v) is 2.09. The number of ether oxygens (including phenoxy) is 1. The fraction of sp³-hybridized carbons (Fsp3) is 0.125. The fourth-order valence-electron chi connectivity index (χ4n) is 1.92. The number of carbonyl (C=O) groups excluding carboxylic acids is 2. The summed E-state index contributed by atoms with van der Waals surface area (Å²) in [6.07, 6.45) is -0.0351. The van der Waals surface area contributed by atoms with E-state index >= 15 is 0 Å². The molecule has 23 heavy (non-hydrogen) atoms. The van der Waals surface area contributed by atoms with Gasteiger partial charge in [0.1, 0.15) is 0 Å². The molecule has 0 aliphatic carbocycles. The molecule has 2 rings (SSSR count). The van der Waals surface area contributed by atoms with E-state index in [1.54, 1.807) is 0 Å². The van der Waals surface area contributed by atoms with Crippen LogP contribution in [0.1, 0.15) is 15.9 Å². The van der Waals surface area contributed by atoms with Gasteiger partial charge in [-0.15, -0.1) is 0 Å². The second-order valence-electron chi connectivity index (χ2n) is 4.73. The summed E-state index contributed by atoms with van der Waals surface area (Å²) in [5.41, 5.74) is 1.05. The quantitative estimate of drug-likeness (QED) is 0.589. The van der Waals surface area contributed by atoms with Gasteiger partial charge in [0.25, 0.3) is 0 Å². The summed E-state index contributed by atoms with van der Waals surface area (Å²) in [6.45, 7) is 0. The van der Waals surface area contributed by atoms with E-state index in [-0.39, 0.29) is 40.1 Å². The van der Waals surface area contributed by atoms with Crippen molar-refractivity contribution in [3.63, 3.8) is 0 Å². The van der Waals surface area contributed by atoms with Gasteiger partial charge in [0.2, 0.25) is 5.91 Å². The van der Waals surface area contributed by atoms with Crippen LogP contribution in [0.4, 0.5) is 5.69 Å². The smallest absolute Gasteiger partial charge is 0.337 e. The first kappa shape index (κ1) is 16.6. The monoisotopic (exact) mass is 335 g/mol. The molecule has 0 atom stereocenters. The number of amides is 1. The van der Waals surface area contributed by atoms with Gasteiger partial charge in [-0.3, -0.25) is 4.79 Å². The number of esters is 1. The van der Waals surface area contributed by atoms with E-state index in [1.807, 2.05) is 0 Å². The van der Waals surface area contributed by atoms with E-state index in [1.165, 1.54) is 43.5 Å². The van der Waals surface area contributed by atoms with Gasteiger partial charge < -0.3 is 20.3 Å². The van der Waals surface area contributed by atoms with Gasteiger partial charge in [0.15, 0.2) is 11.5 Å². The molecule has 0 bridgehead atoms. The second-order valence-corrected chi connectivity index (χ2v) is 5.14. The van der Waals surface area contributed by atoms with Gasteiger partial charge in [-0.25, -0.2) is 4.79 Å². The third kappa shape index (κ3) is 4.14. The number of phenolic OH excluding ortho intramolecular Hbond substituents is 2. The molecule has 3 N–H and O–H groups in total. The number of methoxy groups -OCH3 is 1. The highest BCUT2D eigenvalue weighted by atomic mass is 35.5. The van der Waals surface area contributed by atoms with Crippen LogP contribution in [-0.2, 0) is 16.0 Å². The van der Waals surface area contributed by atoms with Gasteiger partial charge in [-0.2, -0.15) is 0 Å². The zero-order valence-electron chi connectivity index (χ0n) is 12.2. The molecular formula is C16H14ClNO5. The topological polar surface area (TPSA) is 95.9 Å². The van der Waals surface area contributed by atoms with Gasteiger partial charge in [-0.05, 0) is 35.9 Å². The molecule has 0 unspecified atom stereocenters. The van der Waals surface area contributed by atoms with Crippen LogP contribution in [0.15, 0.2) is 36.4 Å². The number of halogens is 1. The number of anilines is 1. The standard InChI is InChI=1S/C16H14ClNO5/c1-23-16(22)10-3-4-11(17)12(8-10)18-15(21)7-9-2-5-13(19)14(20)6-9/h2-6,8,19-20H,7H2,1H3,(H,18,21). The van der Waals surface area contributed by atoms with Crippen LogP contribution in [0.25, 0.3) is 0 Å². The maximum absolute atomic E-state index is 12.1. The van der Waals surface area contributed by atoms with Crippen LogP contribution in [0.3, 0.4) is 0 Å². The van der Waals surface area contributed by atoms with E-state index in [2.05, 4.69) is 10.1 Å². The molecule has 0 saturated carbocycles. The summed E-state index contributed by atoms with van der Waals surface area (Å²) in [6, 6.07) is 8.49. The van der Waals surface area contributed by atoms with Gasteiger partial charge in [-0.1, -0.05) is 17.7 Å². The van der Waals surface area contributed by atoms with E-state index < -0.39 is 5.97 Å². The number of hydrogen-bond acceptors (Lipinski definition) is 5. The first-order valence-electron chi connectivity index (χ1n) is 6.59. The van der Waals surface area contributed by atoms with E-state index in [0.717, 1.165) is 0 Å². The number of rotatable bonds is 4. The van der Waals surface area contributed by atoms with Gasteiger partial charge in [0.05, 0.1) is 29.8 Å². The number of carbonyl (C=O) groups is 2. The third-order valence-electron chi connectivity index (χ3n) is 3.07. The van der Waals surface area contributed by atoms with Crippen LogP contribution >= 0.6 is 11.6 Å². The Labute approximate surface area is 137 Å². The van der Waals surface area contributed by atoms with E-state index in [9.17, 15) is 19.8 Å². The highest BCUT2D eigenvalue weighted by Crippen LogP contribution is 2.26. The Morgan fingerprint density at radius 1 is 1.13 bits per heavy atom. The largest absolute Gasteiger partial charge is 0.504 e. The summed E-state index contributed by atoms with van der Waals surface area (Å²) in [5, 5.41) is 21.5. The van der Waals surface area contributed by atoms with Crippen molar-refractivity contribution in [1.29, 1.82) is 0 Å². The van der Waals surface area contributed by atoms with E-state index in [0.29, 0.717) is 5.56 Å². The van der Waals surface area contributed by atoms with Crippen molar-refractivity contribution in [2.75, 3.05) is 12.4 Å². The lowest BCUT2D eigenvalue weighted by Gasteiger charge is -2.09. The normalized spacial score (nSPS) is 10.2. The minimum absolute atomic E-state index is 0.0351. The summed E-state index contributed by atoms with van der Waals surface area (Å²) < 4.78 is 4.61. The Balaban J connectivity index is 2.13. The van der Waals surface area contributed by atoms with Crippen LogP contribution in [0, 0.1) is 0 Å². The predicted molar refractivity (Wildman–Crippen MR) is 84.9 cm³/mol. The highest BCUT2D eigenvalue weighted by molar-refractivity contribution is 6.33. The van der Waals surface area contributed by atoms with Crippen LogP contribution in [0.2, 0.25) is 5.02 Å². The van der Waals surface area contributed by atoms with Crippen LogP contribution < -0.4 is 5.32 Å². The molecule has 0 aliphatic heterocycles. The lowest BCUT2D eigenvalue weighted by Crippen LogP contribution is -2.15. The zero-order valence-corrected chi connectivity index (χ0v) is 12.9. The van der Waals surface area contributed by atoms with Crippen LogP contribution in [0.5, 0.6) is 11.5 Å². The maximum Gasteiger partial charge on any atom is 0.337 e. The third-order valence-corrected chi connectivity index (χ3v) is 3.40. The summed E-state index contributed by atoms with van der Waals surface area (Å²) in [7, 11) is 1.26. The average molecular weight is 336 g/mol. The Morgan fingerprint density at radius 3 is 2.52 bits per heavy atom. The van der Waals surface area contributed by atoms with Gasteiger partial charge >= 0.3 is 5.97 Å². The average Bonchev–Trinajstić information content (AvgIpc) is 2.52. The highest BCUT2D eigenvalue weighted by Gasteiger charge is 2.12. The minimum Gasteiger partial charge on any atom is -0.504 e. The van der Waals surface area contributed by atoms with Crippen molar-refractivity contribution in [2.24, 2.45) is 0 Å². The molecule has 2 aromatic carbocycles. The maximum atomic E-state index is 12.1. The Hall–Kier alpha value is -2.73. The lowest BCUT2D eigenvalue weighted by atomic mass is 10.1.